The molecule has 0 radical (unpaired) electrons. The number of rotatable bonds is 5. The second kappa shape index (κ2) is 4.92. The molecule has 14 heavy (non-hydrogen) atoms. The lowest BCUT2D eigenvalue weighted by Gasteiger charge is -2.19. The highest BCUT2D eigenvalue weighted by atomic mass is 16.4. The highest BCUT2D eigenvalue weighted by Crippen LogP contribution is 2.12. The van der Waals surface area contributed by atoms with E-state index >= 15 is 0 Å². The summed E-state index contributed by atoms with van der Waals surface area (Å²) in [5, 5.41) is 19.6. The smallest absolute Gasteiger partial charge is 0.318 e. The van der Waals surface area contributed by atoms with E-state index in [2.05, 4.69) is 15.5 Å². The van der Waals surface area contributed by atoms with Crippen molar-refractivity contribution in [2.45, 2.75) is 19.5 Å². The van der Waals surface area contributed by atoms with E-state index in [9.17, 15) is 0 Å². The molecule has 0 saturated carbocycles. The molecule has 0 amide bonds. The van der Waals surface area contributed by atoms with Gasteiger partial charge >= 0.3 is 6.01 Å². The predicted molar refractivity (Wildman–Crippen MR) is 52.0 cm³/mol. The van der Waals surface area contributed by atoms with Crippen molar-refractivity contribution in [2.75, 3.05) is 25.6 Å². The minimum Gasteiger partial charge on any atom is -0.407 e. The molecule has 6 heteroatoms. The van der Waals surface area contributed by atoms with Crippen LogP contribution in [0.4, 0.5) is 6.01 Å². The first kappa shape index (κ1) is 10.9. The summed E-state index contributed by atoms with van der Waals surface area (Å²) in [5.41, 5.74) is 0. The summed E-state index contributed by atoms with van der Waals surface area (Å²) in [7, 11) is 3.61. The van der Waals surface area contributed by atoms with Gasteiger partial charge in [0.25, 0.3) is 0 Å². The molecule has 0 fully saturated rings. The molecule has 1 heterocycles. The second-order valence-corrected chi connectivity index (χ2v) is 3.15. The van der Waals surface area contributed by atoms with E-state index in [1.165, 1.54) is 0 Å². The number of likely N-dealkylation sites (N-methyl/N-ethyl adjacent to an activating group) is 1. The monoisotopic (exact) mass is 200 g/mol. The van der Waals surface area contributed by atoms with Crippen LogP contribution < -0.4 is 10.2 Å². The molecule has 1 aromatic heterocycles. The average Bonchev–Trinajstić information content (AvgIpc) is 2.64. The third-order valence-corrected chi connectivity index (χ3v) is 2.01. The van der Waals surface area contributed by atoms with E-state index in [-0.39, 0.29) is 12.6 Å². The SMILES string of the molecule is CNCc1nnc(N(C)C(C)CO)o1. The van der Waals surface area contributed by atoms with Gasteiger partial charge in [-0.15, -0.1) is 5.10 Å². The Balaban J connectivity index is 2.65. The topological polar surface area (TPSA) is 74.4 Å². The fourth-order valence-electron chi connectivity index (χ4n) is 0.921. The van der Waals surface area contributed by atoms with Gasteiger partial charge in [0, 0.05) is 7.05 Å². The van der Waals surface area contributed by atoms with Gasteiger partial charge in [-0.05, 0) is 14.0 Å². The van der Waals surface area contributed by atoms with Crippen LogP contribution in [0.15, 0.2) is 4.42 Å². The van der Waals surface area contributed by atoms with E-state index in [0.717, 1.165) is 0 Å². The van der Waals surface area contributed by atoms with Crippen molar-refractivity contribution in [1.82, 2.24) is 15.5 Å². The molecule has 1 atom stereocenters. The largest absolute Gasteiger partial charge is 0.407 e. The Morgan fingerprint density at radius 1 is 1.57 bits per heavy atom. The van der Waals surface area contributed by atoms with Crippen molar-refractivity contribution in [3.05, 3.63) is 5.89 Å². The highest BCUT2D eigenvalue weighted by Gasteiger charge is 2.14. The van der Waals surface area contributed by atoms with Gasteiger partial charge in [-0.2, -0.15) is 0 Å². The zero-order valence-corrected chi connectivity index (χ0v) is 8.69. The Bertz CT molecular complexity index is 276. The van der Waals surface area contributed by atoms with Crippen molar-refractivity contribution in [2.24, 2.45) is 0 Å². The van der Waals surface area contributed by atoms with Crippen LogP contribution in [0.2, 0.25) is 0 Å². The first-order valence-corrected chi connectivity index (χ1v) is 4.49. The normalized spacial score (nSPS) is 12.9. The van der Waals surface area contributed by atoms with Crippen LogP contribution >= 0.6 is 0 Å². The lowest BCUT2D eigenvalue weighted by molar-refractivity contribution is 0.266. The fraction of sp³-hybridized carbons (Fsp3) is 0.750. The van der Waals surface area contributed by atoms with Gasteiger partial charge in [-0.3, -0.25) is 0 Å². The minimum atomic E-state index is -0.0297. The predicted octanol–water partition coefficient (Wildman–Crippen LogP) is -0.394. The quantitative estimate of drug-likeness (QED) is 0.674. The van der Waals surface area contributed by atoms with Crippen LogP contribution in [-0.2, 0) is 6.54 Å². The van der Waals surface area contributed by atoms with E-state index in [4.69, 9.17) is 9.52 Å². The van der Waals surface area contributed by atoms with Crippen molar-refractivity contribution in [1.29, 1.82) is 0 Å². The number of aliphatic hydroxyl groups is 1. The third-order valence-electron chi connectivity index (χ3n) is 2.01. The number of nitrogens with one attached hydrogen (secondary N) is 1. The molecule has 0 saturated heterocycles. The molecule has 0 aliphatic heterocycles. The molecule has 0 aliphatic carbocycles. The summed E-state index contributed by atoms with van der Waals surface area (Å²) >= 11 is 0. The van der Waals surface area contributed by atoms with Gasteiger partial charge in [0.1, 0.15) is 0 Å². The molecule has 1 aromatic rings. The number of hydrogen-bond acceptors (Lipinski definition) is 6. The van der Waals surface area contributed by atoms with Crippen LogP contribution in [0.25, 0.3) is 0 Å². The summed E-state index contributed by atoms with van der Waals surface area (Å²) < 4.78 is 5.34. The number of aromatic nitrogens is 2. The van der Waals surface area contributed by atoms with Crippen LogP contribution in [0.3, 0.4) is 0 Å². The number of hydrogen-bond donors (Lipinski definition) is 2. The van der Waals surface area contributed by atoms with Gasteiger partial charge in [-0.1, -0.05) is 5.10 Å². The van der Waals surface area contributed by atoms with Gasteiger partial charge in [0.2, 0.25) is 5.89 Å². The molecule has 1 rings (SSSR count). The highest BCUT2D eigenvalue weighted by molar-refractivity contribution is 5.23. The van der Waals surface area contributed by atoms with E-state index < -0.39 is 0 Å². The van der Waals surface area contributed by atoms with Gasteiger partial charge in [0.05, 0.1) is 19.2 Å². The summed E-state index contributed by atoms with van der Waals surface area (Å²) in [4.78, 5) is 1.74. The van der Waals surface area contributed by atoms with Gasteiger partial charge < -0.3 is 19.7 Å². The zero-order valence-electron chi connectivity index (χ0n) is 8.69. The molecule has 0 bridgehead atoms. The summed E-state index contributed by atoms with van der Waals surface area (Å²) in [6, 6.07) is 0.398. The number of anilines is 1. The standard InChI is InChI=1S/C8H16N4O2/c1-6(5-13)12(3)8-11-10-7(14-8)4-9-2/h6,9,13H,4-5H2,1-3H3. The summed E-state index contributed by atoms with van der Waals surface area (Å²) in [5.74, 6) is 0.541. The molecular weight excluding hydrogens is 184 g/mol. The molecule has 80 valence electrons. The zero-order chi connectivity index (χ0) is 10.6. The first-order valence-electron chi connectivity index (χ1n) is 4.49. The Kier molecular flexibility index (Phi) is 3.84. The van der Waals surface area contributed by atoms with Crippen molar-refractivity contribution in [3.8, 4) is 0 Å². The Morgan fingerprint density at radius 3 is 2.86 bits per heavy atom. The van der Waals surface area contributed by atoms with Crippen LogP contribution in [0.5, 0.6) is 0 Å². The molecule has 0 spiro atoms. The maximum absolute atomic E-state index is 8.93. The molecule has 1 unspecified atom stereocenters. The van der Waals surface area contributed by atoms with Crippen LogP contribution in [0.1, 0.15) is 12.8 Å². The molecular formula is C8H16N4O2. The summed E-state index contributed by atoms with van der Waals surface area (Å²) in [6.07, 6.45) is 0. The minimum absolute atomic E-state index is 0.0297. The molecule has 6 nitrogen and oxygen atoms in total. The first-order chi connectivity index (χ1) is 6.69. The molecule has 0 aromatic carbocycles. The average molecular weight is 200 g/mol. The third kappa shape index (κ3) is 2.43. The lowest BCUT2D eigenvalue weighted by Crippen LogP contribution is -2.32. The maximum Gasteiger partial charge on any atom is 0.318 e. The fourth-order valence-corrected chi connectivity index (χ4v) is 0.921. The van der Waals surface area contributed by atoms with Crippen molar-refractivity contribution < 1.29 is 9.52 Å². The second-order valence-electron chi connectivity index (χ2n) is 3.15. The maximum atomic E-state index is 8.93. The van der Waals surface area contributed by atoms with E-state index in [0.29, 0.717) is 18.5 Å². The van der Waals surface area contributed by atoms with Crippen LogP contribution in [-0.4, -0.2) is 42.0 Å². The van der Waals surface area contributed by atoms with Crippen LogP contribution in [0, 0.1) is 0 Å². The Labute approximate surface area is 82.9 Å². The van der Waals surface area contributed by atoms with Gasteiger partial charge in [-0.25, -0.2) is 0 Å². The van der Waals surface area contributed by atoms with Crippen molar-refractivity contribution >= 4 is 6.01 Å². The van der Waals surface area contributed by atoms with E-state index in [1.807, 2.05) is 14.0 Å². The van der Waals surface area contributed by atoms with Crippen molar-refractivity contribution in [3.63, 3.8) is 0 Å². The Morgan fingerprint density at radius 2 is 2.29 bits per heavy atom. The lowest BCUT2D eigenvalue weighted by atomic mass is 10.3. The molecule has 0 aliphatic rings. The van der Waals surface area contributed by atoms with Gasteiger partial charge in [0.15, 0.2) is 0 Å². The number of nitrogens with zero attached hydrogens (tertiary/aromatic N) is 3. The Hall–Kier alpha value is -1.14. The summed E-state index contributed by atoms with van der Waals surface area (Å²) in [6.45, 7) is 2.48. The number of aliphatic hydroxyl groups excluding tert-OH is 1. The van der Waals surface area contributed by atoms with E-state index in [1.54, 1.807) is 11.9 Å². The molecule has 2 N–H and O–H groups in total.